The van der Waals surface area contributed by atoms with Crippen LogP contribution in [-0.2, 0) is 4.74 Å². The highest BCUT2D eigenvalue weighted by molar-refractivity contribution is 5.57. The van der Waals surface area contributed by atoms with E-state index >= 15 is 0 Å². The number of rotatable bonds is 28. The Labute approximate surface area is 243 Å². The lowest BCUT2D eigenvalue weighted by Crippen LogP contribution is -2.37. The summed E-state index contributed by atoms with van der Waals surface area (Å²) in [4.78, 5) is 13.7. The largest absolute Gasteiger partial charge is 0.506 e. The molecule has 0 saturated carbocycles. The van der Waals surface area contributed by atoms with Gasteiger partial charge >= 0.3 is 6.16 Å². The van der Waals surface area contributed by atoms with Crippen LogP contribution in [0.3, 0.4) is 0 Å². The normalized spacial score (nSPS) is 15.6. The Balaban J connectivity index is 1.92. The van der Waals surface area contributed by atoms with Gasteiger partial charge in [-0.2, -0.15) is 0 Å². The first-order chi connectivity index (χ1) is 19.1. The number of carboxylic acid groups (broad SMARTS) is 1. The van der Waals surface area contributed by atoms with Gasteiger partial charge in [0.2, 0.25) is 0 Å². The predicted octanol–water partition coefficient (Wildman–Crippen LogP) is 11.1. The quantitative estimate of drug-likeness (QED) is 0.0601. The molecule has 39 heavy (non-hydrogen) atoms. The van der Waals surface area contributed by atoms with Crippen molar-refractivity contribution in [3.8, 4) is 0 Å². The molecular weight excluding hydrogens is 482 g/mol. The van der Waals surface area contributed by atoms with Crippen LogP contribution in [0.1, 0.15) is 162 Å². The molecule has 4 heteroatoms. The smallest absolute Gasteiger partial charge is 0.450 e. The zero-order chi connectivity index (χ0) is 28.2. The number of carbonyl (C=O) groups is 1. The summed E-state index contributed by atoms with van der Waals surface area (Å²) in [7, 11) is 0. The van der Waals surface area contributed by atoms with Gasteiger partial charge in [-0.3, -0.25) is 0 Å². The number of likely N-dealkylation sites (tertiary alicyclic amines) is 1. The van der Waals surface area contributed by atoms with E-state index in [1.807, 2.05) is 0 Å². The van der Waals surface area contributed by atoms with Crippen molar-refractivity contribution in [3.63, 3.8) is 0 Å². The van der Waals surface area contributed by atoms with Crippen LogP contribution in [0.4, 0.5) is 4.79 Å². The molecule has 1 fully saturated rings. The van der Waals surface area contributed by atoms with Crippen molar-refractivity contribution in [2.45, 2.75) is 168 Å². The van der Waals surface area contributed by atoms with Gasteiger partial charge in [-0.15, -0.1) is 0 Å². The van der Waals surface area contributed by atoms with Gasteiger partial charge < -0.3 is 14.7 Å². The Morgan fingerprint density at radius 2 is 1.23 bits per heavy atom. The number of hydrogen-bond acceptors (Lipinski definition) is 3. The van der Waals surface area contributed by atoms with E-state index in [0.717, 1.165) is 38.0 Å². The van der Waals surface area contributed by atoms with Crippen molar-refractivity contribution in [2.24, 2.45) is 5.92 Å². The van der Waals surface area contributed by atoms with Crippen LogP contribution < -0.4 is 0 Å². The molecule has 0 spiro atoms. The van der Waals surface area contributed by atoms with E-state index in [4.69, 9.17) is 9.84 Å². The third kappa shape index (κ3) is 24.2. The van der Waals surface area contributed by atoms with Crippen LogP contribution in [0.15, 0.2) is 24.3 Å². The average Bonchev–Trinajstić information content (AvgIpc) is 2.88. The van der Waals surface area contributed by atoms with Crippen LogP contribution in [0, 0.1) is 5.92 Å². The van der Waals surface area contributed by atoms with Crippen molar-refractivity contribution in [3.05, 3.63) is 24.3 Å². The summed E-state index contributed by atoms with van der Waals surface area (Å²) < 4.78 is 5.20. The van der Waals surface area contributed by atoms with Gasteiger partial charge in [0.1, 0.15) is 6.10 Å². The van der Waals surface area contributed by atoms with E-state index in [0.29, 0.717) is 0 Å². The lowest BCUT2D eigenvalue weighted by atomic mass is 9.97. The molecule has 1 aliphatic heterocycles. The maximum Gasteiger partial charge on any atom is 0.506 e. The fourth-order valence-corrected chi connectivity index (χ4v) is 5.57. The number of ether oxygens (including phenoxy) is 1. The molecule has 1 saturated heterocycles. The minimum atomic E-state index is -1.11. The Morgan fingerprint density at radius 1 is 0.718 bits per heavy atom. The molecule has 1 N–H and O–H groups in total. The molecule has 1 rings (SSSR count). The van der Waals surface area contributed by atoms with Crippen molar-refractivity contribution in [1.29, 1.82) is 0 Å². The fraction of sp³-hybridized carbons (Fsp3) is 0.857. The van der Waals surface area contributed by atoms with Gasteiger partial charge in [0.25, 0.3) is 0 Å². The third-order valence-electron chi connectivity index (χ3n) is 8.34. The first-order valence-electron chi connectivity index (χ1n) is 17.0. The van der Waals surface area contributed by atoms with E-state index in [-0.39, 0.29) is 6.10 Å². The summed E-state index contributed by atoms with van der Waals surface area (Å²) in [5, 5.41) is 9.12. The molecule has 0 aromatic rings. The van der Waals surface area contributed by atoms with Gasteiger partial charge in [0, 0.05) is 0 Å². The van der Waals surface area contributed by atoms with Crippen LogP contribution in [0.2, 0.25) is 0 Å². The monoisotopic (exact) mass is 547 g/mol. The van der Waals surface area contributed by atoms with Gasteiger partial charge in [0.15, 0.2) is 0 Å². The summed E-state index contributed by atoms with van der Waals surface area (Å²) >= 11 is 0. The van der Waals surface area contributed by atoms with Crippen LogP contribution >= 0.6 is 0 Å². The maximum atomic E-state index is 11.1. The topological polar surface area (TPSA) is 49.8 Å². The highest BCUT2D eigenvalue weighted by atomic mass is 16.7. The molecule has 0 aromatic heterocycles. The first-order valence-corrected chi connectivity index (χ1v) is 17.0. The lowest BCUT2D eigenvalue weighted by molar-refractivity contribution is 0.0422. The van der Waals surface area contributed by atoms with Gasteiger partial charge in [-0.05, 0) is 103 Å². The van der Waals surface area contributed by atoms with E-state index in [2.05, 4.69) is 43.1 Å². The summed E-state index contributed by atoms with van der Waals surface area (Å²) in [5.41, 5.74) is 0. The zero-order valence-corrected chi connectivity index (χ0v) is 26.1. The summed E-state index contributed by atoms with van der Waals surface area (Å²) in [6.07, 6.45) is 36.3. The Bertz CT molecular complexity index is 599. The molecule has 4 nitrogen and oxygen atoms in total. The van der Waals surface area contributed by atoms with E-state index in [1.54, 1.807) is 0 Å². The van der Waals surface area contributed by atoms with E-state index in [9.17, 15) is 4.79 Å². The van der Waals surface area contributed by atoms with Gasteiger partial charge in [0.05, 0.1) is 0 Å². The maximum absolute atomic E-state index is 11.1. The third-order valence-corrected chi connectivity index (χ3v) is 8.34. The van der Waals surface area contributed by atoms with Crippen LogP contribution in [0.5, 0.6) is 0 Å². The van der Waals surface area contributed by atoms with Gasteiger partial charge in [-0.1, -0.05) is 109 Å². The predicted molar refractivity (Wildman–Crippen MR) is 169 cm³/mol. The summed E-state index contributed by atoms with van der Waals surface area (Å²) in [5.74, 6) is 0.870. The number of nitrogens with zero attached hydrogens (tertiary/aromatic N) is 1. The van der Waals surface area contributed by atoms with Crippen LogP contribution in [-0.4, -0.2) is 41.9 Å². The van der Waals surface area contributed by atoms with Crippen molar-refractivity contribution in [1.82, 2.24) is 4.90 Å². The van der Waals surface area contributed by atoms with Crippen LogP contribution in [0.25, 0.3) is 0 Å². The minimum Gasteiger partial charge on any atom is -0.450 e. The highest BCUT2D eigenvalue weighted by Gasteiger charge is 2.14. The fourth-order valence-electron chi connectivity index (χ4n) is 5.57. The van der Waals surface area contributed by atoms with Crippen molar-refractivity contribution >= 4 is 6.16 Å². The Kier molecular flexibility index (Phi) is 24.7. The number of hydrogen-bond donors (Lipinski definition) is 1. The zero-order valence-electron chi connectivity index (χ0n) is 26.1. The Hall–Kier alpha value is -1.29. The second kappa shape index (κ2) is 26.9. The van der Waals surface area contributed by atoms with Crippen molar-refractivity contribution in [2.75, 3.05) is 19.6 Å². The first kappa shape index (κ1) is 35.7. The summed E-state index contributed by atoms with van der Waals surface area (Å²) in [6, 6.07) is 0. The molecular formula is C35H65NO3. The minimum absolute atomic E-state index is 0.113. The summed E-state index contributed by atoms with van der Waals surface area (Å²) in [6.45, 7) is 8.64. The number of allylic oxidation sites excluding steroid dienone is 4. The molecule has 1 heterocycles. The average molecular weight is 548 g/mol. The molecule has 0 amide bonds. The van der Waals surface area contributed by atoms with Crippen molar-refractivity contribution < 1.29 is 14.6 Å². The molecule has 0 bridgehead atoms. The molecule has 0 aliphatic carbocycles. The highest BCUT2D eigenvalue weighted by Crippen LogP contribution is 2.19. The second-order valence-corrected chi connectivity index (χ2v) is 12.2. The van der Waals surface area contributed by atoms with E-state index < -0.39 is 6.16 Å². The lowest BCUT2D eigenvalue weighted by Gasteiger charge is -2.30. The number of unbranched alkanes of at least 4 members (excludes halogenated alkanes) is 13. The molecule has 0 aromatic carbocycles. The second-order valence-electron chi connectivity index (χ2n) is 12.2. The van der Waals surface area contributed by atoms with E-state index in [1.165, 1.54) is 135 Å². The molecule has 2 atom stereocenters. The van der Waals surface area contributed by atoms with Gasteiger partial charge in [-0.25, -0.2) is 4.79 Å². The Morgan fingerprint density at radius 3 is 1.77 bits per heavy atom. The molecule has 2 unspecified atom stereocenters. The molecule has 1 aliphatic rings. The molecule has 0 radical (unpaired) electrons. The molecule has 228 valence electrons. The standard InChI is InChI=1S/C35H65NO3/c1-3-4-5-6-7-8-9-10-11-12-13-14-15-19-22-28-34(39-35(37)38)29-23-20-17-16-18-21-26-33(2)27-24-30-36-31-25-32-36/h7-8,10-11,33-34H,3-6,9,12-32H2,1-2H3,(H,37,38). The SMILES string of the molecule is CCCCCC=CCC=CCCCCCCCC(CCCCCCCCC(C)CCCN1CCC1)OC(=O)O.